The van der Waals surface area contributed by atoms with E-state index in [1.165, 1.54) is 0 Å². The first-order valence-corrected chi connectivity index (χ1v) is 6.17. The largest absolute Gasteiger partial charge is 0.374 e. The molecular weight excluding hydrogens is 264 g/mol. The molecule has 1 fully saturated rings. The van der Waals surface area contributed by atoms with Crippen LogP contribution >= 0.6 is 11.6 Å². The van der Waals surface area contributed by atoms with Crippen molar-refractivity contribution in [2.24, 2.45) is 0 Å². The quantitative estimate of drug-likeness (QED) is 0.615. The van der Waals surface area contributed by atoms with E-state index in [1.54, 1.807) is 6.07 Å². The van der Waals surface area contributed by atoms with Crippen molar-refractivity contribution in [3.8, 4) is 0 Å². The van der Waals surface area contributed by atoms with Gasteiger partial charge in [0.15, 0.2) is 0 Å². The molecule has 7 heteroatoms. The Labute approximate surface area is 109 Å². The number of alkyl halides is 2. The van der Waals surface area contributed by atoms with Crippen LogP contribution in [0, 0.1) is 0 Å². The molecule has 1 aromatic rings. The van der Waals surface area contributed by atoms with Gasteiger partial charge in [0, 0.05) is 18.5 Å². The zero-order valence-corrected chi connectivity index (χ0v) is 10.5. The fraction of sp³-hybridized carbons (Fsp3) is 0.636. The lowest BCUT2D eigenvalue weighted by Crippen LogP contribution is -2.14. The van der Waals surface area contributed by atoms with Gasteiger partial charge in [-0.3, -0.25) is 0 Å². The number of nitrogens with zero attached hydrogens (tertiary/aromatic N) is 2. The van der Waals surface area contributed by atoms with Gasteiger partial charge in [-0.1, -0.05) is 11.6 Å². The molecule has 0 aliphatic heterocycles. The van der Waals surface area contributed by atoms with Gasteiger partial charge < -0.3 is 10.1 Å². The van der Waals surface area contributed by atoms with Crippen LogP contribution < -0.4 is 5.32 Å². The van der Waals surface area contributed by atoms with Crippen molar-refractivity contribution >= 4 is 17.4 Å². The summed E-state index contributed by atoms with van der Waals surface area (Å²) in [5.74, 6) is 1.77. The van der Waals surface area contributed by atoms with Gasteiger partial charge in [0.05, 0.1) is 6.61 Å². The molecule has 0 unspecified atom stereocenters. The van der Waals surface area contributed by atoms with E-state index >= 15 is 0 Å². The summed E-state index contributed by atoms with van der Waals surface area (Å²) in [4.78, 5) is 8.47. The first-order chi connectivity index (χ1) is 8.65. The van der Waals surface area contributed by atoms with E-state index < -0.39 is 13.0 Å². The summed E-state index contributed by atoms with van der Waals surface area (Å²) in [6, 6.07) is 1.61. The van der Waals surface area contributed by atoms with Gasteiger partial charge in [0.1, 0.15) is 23.4 Å². The number of anilines is 1. The molecule has 4 nitrogen and oxygen atoms in total. The second-order valence-electron chi connectivity index (χ2n) is 4.10. The number of ether oxygens (including phenoxy) is 1. The number of nitrogens with one attached hydrogen (secondary N) is 1. The molecule has 0 bridgehead atoms. The molecule has 0 aromatic carbocycles. The first-order valence-electron chi connectivity index (χ1n) is 5.79. The zero-order chi connectivity index (χ0) is 13.0. The van der Waals surface area contributed by atoms with Crippen LogP contribution in [0.4, 0.5) is 14.6 Å². The number of rotatable bonds is 7. The Morgan fingerprint density at radius 2 is 2.22 bits per heavy atom. The Morgan fingerprint density at radius 1 is 1.44 bits per heavy atom. The smallest absolute Gasteiger partial charge is 0.261 e. The lowest BCUT2D eigenvalue weighted by molar-refractivity contribution is 0.0215. The lowest BCUT2D eigenvalue weighted by atomic mass is 10.4. The summed E-state index contributed by atoms with van der Waals surface area (Å²) in [7, 11) is 0. The molecule has 0 saturated heterocycles. The van der Waals surface area contributed by atoms with Gasteiger partial charge in [-0.2, -0.15) is 0 Å². The van der Waals surface area contributed by atoms with Crippen LogP contribution in [0.25, 0.3) is 0 Å². The van der Waals surface area contributed by atoms with Crippen molar-refractivity contribution in [1.82, 2.24) is 9.97 Å². The molecule has 2 rings (SSSR count). The Hall–Kier alpha value is -1.01. The van der Waals surface area contributed by atoms with Crippen LogP contribution in [0.15, 0.2) is 6.07 Å². The third-order valence-corrected chi connectivity index (χ3v) is 2.64. The second-order valence-corrected chi connectivity index (χ2v) is 4.49. The van der Waals surface area contributed by atoms with Crippen molar-refractivity contribution in [3.63, 3.8) is 0 Å². The van der Waals surface area contributed by atoms with Gasteiger partial charge >= 0.3 is 0 Å². The monoisotopic (exact) mass is 277 g/mol. The zero-order valence-electron chi connectivity index (χ0n) is 9.70. The Bertz CT molecular complexity index is 402. The third kappa shape index (κ3) is 4.34. The Morgan fingerprint density at radius 3 is 2.89 bits per heavy atom. The average molecular weight is 278 g/mol. The molecule has 18 heavy (non-hydrogen) atoms. The maximum absolute atomic E-state index is 11.8. The number of hydrogen-bond acceptors (Lipinski definition) is 4. The standard InChI is InChI=1S/C11H14ClF2N3O/c12-8-5-10(15-3-4-18-6-9(13)14)17-11(16-8)7-1-2-7/h5,7,9H,1-4,6H2,(H,15,16,17). The topological polar surface area (TPSA) is 47.0 Å². The number of halogens is 3. The van der Waals surface area contributed by atoms with E-state index in [2.05, 4.69) is 15.3 Å². The average Bonchev–Trinajstić information content (AvgIpc) is 3.11. The molecule has 100 valence electrons. The van der Waals surface area contributed by atoms with Gasteiger partial charge in [-0.15, -0.1) is 0 Å². The first kappa shape index (κ1) is 13.4. The SMILES string of the molecule is FC(F)COCCNc1cc(Cl)nc(C2CC2)n1. The van der Waals surface area contributed by atoms with Crippen molar-refractivity contribution in [2.45, 2.75) is 25.2 Å². The molecular formula is C11H14ClF2N3O. The molecule has 1 aromatic heterocycles. The van der Waals surface area contributed by atoms with E-state index in [4.69, 9.17) is 16.3 Å². The van der Waals surface area contributed by atoms with Crippen LogP contribution in [0.2, 0.25) is 5.15 Å². The molecule has 1 saturated carbocycles. The molecule has 1 aliphatic rings. The van der Waals surface area contributed by atoms with Crippen LogP contribution in [-0.4, -0.2) is 36.2 Å². The summed E-state index contributed by atoms with van der Waals surface area (Å²) in [5, 5.41) is 3.37. The summed E-state index contributed by atoms with van der Waals surface area (Å²) in [6.07, 6.45) is -0.242. The highest BCUT2D eigenvalue weighted by atomic mass is 35.5. The van der Waals surface area contributed by atoms with Gasteiger partial charge in [0.25, 0.3) is 6.43 Å². The van der Waals surface area contributed by atoms with Crippen molar-refractivity contribution in [1.29, 1.82) is 0 Å². The number of hydrogen-bond donors (Lipinski definition) is 1. The van der Waals surface area contributed by atoms with E-state index in [0.29, 0.717) is 23.4 Å². The minimum absolute atomic E-state index is 0.199. The van der Waals surface area contributed by atoms with E-state index in [-0.39, 0.29) is 6.61 Å². The normalized spacial score (nSPS) is 15.1. The maximum Gasteiger partial charge on any atom is 0.261 e. The summed E-state index contributed by atoms with van der Waals surface area (Å²) in [6.45, 7) is 0.0639. The van der Waals surface area contributed by atoms with Crippen LogP contribution in [0.1, 0.15) is 24.6 Å². The van der Waals surface area contributed by atoms with Crippen molar-refractivity contribution < 1.29 is 13.5 Å². The predicted molar refractivity (Wildman–Crippen MR) is 64.3 cm³/mol. The Balaban J connectivity index is 1.78. The molecule has 0 spiro atoms. The molecule has 0 amide bonds. The van der Waals surface area contributed by atoms with Crippen LogP contribution in [-0.2, 0) is 4.74 Å². The predicted octanol–water partition coefficient (Wildman–Crippen LogP) is 2.70. The lowest BCUT2D eigenvalue weighted by Gasteiger charge is -2.08. The minimum atomic E-state index is -2.43. The van der Waals surface area contributed by atoms with Crippen LogP contribution in [0.3, 0.4) is 0 Å². The van der Waals surface area contributed by atoms with Crippen molar-refractivity contribution in [2.75, 3.05) is 25.1 Å². The van der Waals surface area contributed by atoms with E-state index in [9.17, 15) is 8.78 Å². The van der Waals surface area contributed by atoms with Gasteiger partial charge in [0.2, 0.25) is 0 Å². The minimum Gasteiger partial charge on any atom is -0.374 e. The Kier molecular flexibility index (Phi) is 4.66. The highest BCUT2D eigenvalue weighted by molar-refractivity contribution is 6.29. The molecule has 0 radical (unpaired) electrons. The van der Waals surface area contributed by atoms with E-state index in [1.807, 2.05) is 0 Å². The maximum atomic E-state index is 11.8. The van der Waals surface area contributed by atoms with Gasteiger partial charge in [-0.05, 0) is 12.8 Å². The molecule has 1 N–H and O–H groups in total. The molecule has 0 atom stereocenters. The fourth-order valence-electron chi connectivity index (χ4n) is 1.47. The van der Waals surface area contributed by atoms with Crippen molar-refractivity contribution in [3.05, 3.63) is 17.0 Å². The highest BCUT2D eigenvalue weighted by Gasteiger charge is 2.27. The summed E-state index contributed by atoms with van der Waals surface area (Å²) in [5.41, 5.74) is 0. The third-order valence-electron chi connectivity index (χ3n) is 2.45. The second kappa shape index (κ2) is 6.24. The summed E-state index contributed by atoms with van der Waals surface area (Å²) >= 11 is 5.88. The van der Waals surface area contributed by atoms with Crippen LogP contribution in [0.5, 0.6) is 0 Å². The number of aromatic nitrogens is 2. The molecule has 1 heterocycles. The fourth-order valence-corrected chi connectivity index (χ4v) is 1.66. The van der Waals surface area contributed by atoms with Gasteiger partial charge in [-0.25, -0.2) is 18.7 Å². The molecule has 1 aliphatic carbocycles. The summed E-state index contributed by atoms with van der Waals surface area (Å²) < 4.78 is 28.4. The highest BCUT2D eigenvalue weighted by Crippen LogP contribution is 2.38. The van der Waals surface area contributed by atoms with E-state index in [0.717, 1.165) is 18.7 Å².